The van der Waals surface area contributed by atoms with Gasteiger partial charge in [0.25, 0.3) is 0 Å². The Bertz CT molecular complexity index is 695. The Labute approximate surface area is 161 Å². The van der Waals surface area contributed by atoms with E-state index in [9.17, 15) is 14.4 Å². The van der Waals surface area contributed by atoms with Crippen molar-refractivity contribution in [3.05, 3.63) is 34.9 Å². The topological polar surface area (TPSA) is 69.7 Å². The number of rotatable bonds is 2. The minimum absolute atomic E-state index is 0.0462. The Kier molecular flexibility index (Phi) is 7.17. The SMILES string of the molecule is CC(=O)O[C@H]1C/C(C)=C\CC/C(C)=C\C(=O)CC2=C[C@@H](OC2=O)[C@@H]1C(C)C. The van der Waals surface area contributed by atoms with Crippen LogP contribution < -0.4 is 0 Å². The minimum atomic E-state index is -0.495. The molecule has 0 aromatic heterocycles. The predicted octanol–water partition coefficient (Wildman–Crippen LogP) is 4.08. The van der Waals surface area contributed by atoms with Gasteiger partial charge in [0.15, 0.2) is 5.78 Å². The molecule has 0 saturated heterocycles. The first kappa shape index (κ1) is 21.1. The molecule has 0 aromatic carbocycles. The fourth-order valence-corrected chi connectivity index (χ4v) is 3.84. The van der Waals surface area contributed by atoms with Crippen LogP contribution in [0.4, 0.5) is 0 Å². The lowest BCUT2D eigenvalue weighted by Gasteiger charge is -2.33. The maximum absolute atomic E-state index is 12.3. The Morgan fingerprint density at radius 1 is 1.22 bits per heavy atom. The van der Waals surface area contributed by atoms with Crippen molar-refractivity contribution >= 4 is 17.7 Å². The first-order chi connectivity index (χ1) is 12.7. The van der Waals surface area contributed by atoms with Crippen molar-refractivity contribution in [3.8, 4) is 0 Å². The Balaban J connectivity index is 2.43. The van der Waals surface area contributed by atoms with E-state index in [0.717, 1.165) is 24.0 Å². The molecule has 2 bridgehead atoms. The summed E-state index contributed by atoms with van der Waals surface area (Å²) < 4.78 is 11.2. The molecule has 0 aromatic rings. The zero-order valence-corrected chi connectivity index (χ0v) is 16.9. The average molecular weight is 374 g/mol. The summed E-state index contributed by atoms with van der Waals surface area (Å²) in [5, 5.41) is 0. The van der Waals surface area contributed by atoms with Gasteiger partial charge in [0.1, 0.15) is 12.2 Å². The zero-order valence-electron chi connectivity index (χ0n) is 16.9. The quantitative estimate of drug-likeness (QED) is 0.538. The zero-order chi connectivity index (χ0) is 20.1. The monoisotopic (exact) mass is 374 g/mol. The highest BCUT2D eigenvalue weighted by Crippen LogP contribution is 2.34. The molecule has 148 valence electrons. The largest absolute Gasteiger partial charge is 0.462 e. The fourth-order valence-electron chi connectivity index (χ4n) is 3.84. The molecule has 0 fully saturated rings. The van der Waals surface area contributed by atoms with Crippen LogP contribution >= 0.6 is 0 Å². The molecule has 0 amide bonds. The van der Waals surface area contributed by atoms with Gasteiger partial charge in [-0.1, -0.05) is 31.1 Å². The van der Waals surface area contributed by atoms with Crippen molar-refractivity contribution in [2.24, 2.45) is 11.8 Å². The highest BCUT2D eigenvalue weighted by atomic mass is 16.6. The molecule has 0 N–H and O–H groups in total. The second kappa shape index (κ2) is 9.16. The Hall–Kier alpha value is -2.17. The molecule has 1 heterocycles. The molecular weight excluding hydrogens is 344 g/mol. The van der Waals surface area contributed by atoms with Crippen LogP contribution in [-0.4, -0.2) is 29.9 Å². The fraction of sp³-hybridized carbons (Fsp3) is 0.591. The third-order valence-corrected chi connectivity index (χ3v) is 5.09. The summed E-state index contributed by atoms with van der Waals surface area (Å²) >= 11 is 0. The van der Waals surface area contributed by atoms with E-state index in [1.807, 2.05) is 27.7 Å². The average Bonchev–Trinajstić information content (AvgIpc) is 2.85. The Morgan fingerprint density at radius 2 is 1.93 bits per heavy atom. The standard InChI is InChI=1S/C22H30O5/c1-13(2)21-19(26-16(5)23)10-15(4)8-6-7-14(3)9-18(24)11-17-12-20(21)27-22(17)25/h8-9,12-13,19-21H,6-7,10-11H2,1-5H3/b14-9-,15-8-/t19-,20+,21+/m0/s1. The number of esters is 2. The molecule has 1 aliphatic carbocycles. The molecule has 5 nitrogen and oxygen atoms in total. The van der Waals surface area contributed by atoms with E-state index in [-0.39, 0.29) is 36.1 Å². The number of carbonyl (C=O) groups is 3. The van der Waals surface area contributed by atoms with Gasteiger partial charge in [-0.3, -0.25) is 9.59 Å². The lowest BCUT2D eigenvalue weighted by Crippen LogP contribution is -2.38. The van der Waals surface area contributed by atoms with Crippen LogP contribution in [0.15, 0.2) is 34.9 Å². The highest BCUT2D eigenvalue weighted by Gasteiger charge is 2.39. The van der Waals surface area contributed by atoms with E-state index in [2.05, 4.69) is 6.08 Å². The molecule has 0 unspecified atom stereocenters. The summed E-state index contributed by atoms with van der Waals surface area (Å²) in [5.74, 6) is -0.933. The lowest BCUT2D eigenvalue weighted by atomic mass is 9.82. The van der Waals surface area contributed by atoms with E-state index >= 15 is 0 Å². The number of fused-ring (bicyclic) bond motifs is 1. The van der Waals surface area contributed by atoms with Crippen molar-refractivity contribution in [1.29, 1.82) is 0 Å². The third kappa shape index (κ3) is 5.91. The van der Waals surface area contributed by atoms with Gasteiger partial charge < -0.3 is 9.47 Å². The van der Waals surface area contributed by atoms with Crippen LogP contribution in [-0.2, 0) is 23.9 Å². The van der Waals surface area contributed by atoms with Gasteiger partial charge in [-0.25, -0.2) is 4.79 Å². The van der Waals surface area contributed by atoms with E-state index < -0.39 is 12.1 Å². The molecule has 0 spiro atoms. The summed E-state index contributed by atoms with van der Waals surface area (Å²) in [6.07, 6.45) is 6.86. The van der Waals surface area contributed by atoms with E-state index in [1.165, 1.54) is 6.92 Å². The van der Waals surface area contributed by atoms with Crippen molar-refractivity contribution in [1.82, 2.24) is 0 Å². The molecule has 0 radical (unpaired) electrons. The number of carbonyl (C=O) groups excluding carboxylic acids is 3. The van der Waals surface area contributed by atoms with Crippen LogP contribution in [0.25, 0.3) is 0 Å². The first-order valence-electron chi connectivity index (χ1n) is 9.62. The second-order valence-corrected chi connectivity index (χ2v) is 7.96. The number of allylic oxidation sites excluding steroid dienone is 3. The van der Waals surface area contributed by atoms with Gasteiger partial charge in [-0.2, -0.15) is 0 Å². The molecule has 0 saturated carbocycles. The van der Waals surface area contributed by atoms with Gasteiger partial charge in [0.2, 0.25) is 0 Å². The highest BCUT2D eigenvalue weighted by molar-refractivity contribution is 6.01. The number of ether oxygens (including phenoxy) is 2. The van der Waals surface area contributed by atoms with Crippen LogP contribution in [0.1, 0.15) is 60.3 Å². The van der Waals surface area contributed by atoms with Crippen LogP contribution in [0, 0.1) is 11.8 Å². The second-order valence-electron chi connectivity index (χ2n) is 7.96. The lowest BCUT2D eigenvalue weighted by molar-refractivity contribution is -0.156. The van der Waals surface area contributed by atoms with Gasteiger partial charge in [0, 0.05) is 31.3 Å². The number of hydrogen-bond donors (Lipinski definition) is 0. The van der Waals surface area contributed by atoms with Crippen LogP contribution in [0.2, 0.25) is 0 Å². The summed E-state index contributed by atoms with van der Waals surface area (Å²) in [4.78, 5) is 36.3. The van der Waals surface area contributed by atoms with Crippen molar-refractivity contribution in [2.75, 3.05) is 0 Å². The van der Waals surface area contributed by atoms with Crippen molar-refractivity contribution < 1.29 is 23.9 Å². The summed E-state index contributed by atoms with van der Waals surface area (Å²) in [6, 6.07) is 0. The number of hydrogen-bond acceptors (Lipinski definition) is 5. The summed E-state index contributed by atoms with van der Waals surface area (Å²) in [6.45, 7) is 9.40. The molecule has 5 heteroatoms. The van der Waals surface area contributed by atoms with Crippen molar-refractivity contribution in [2.45, 2.75) is 72.5 Å². The van der Waals surface area contributed by atoms with Crippen LogP contribution in [0.5, 0.6) is 0 Å². The molecule has 1 aliphatic heterocycles. The van der Waals surface area contributed by atoms with Crippen molar-refractivity contribution in [3.63, 3.8) is 0 Å². The van der Waals surface area contributed by atoms with Crippen LogP contribution in [0.3, 0.4) is 0 Å². The summed E-state index contributed by atoms with van der Waals surface area (Å²) in [5.41, 5.74) is 2.50. The predicted molar refractivity (Wildman–Crippen MR) is 103 cm³/mol. The third-order valence-electron chi connectivity index (χ3n) is 5.09. The smallest absolute Gasteiger partial charge is 0.334 e. The van der Waals surface area contributed by atoms with Gasteiger partial charge in [0.05, 0.1) is 0 Å². The molecule has 27 heavy (non-hydrogen) atoms. The van der Waals surface area contributed by atoms with E-state index in [4.69, 9.17) is 9.47 Å². The summed E-state index contributed by atoms with van der Waals surface area (Å²) in [7, 11) is 0. The van der Waals surface area contributed by atoms with E-state index in [0.29, 0.717) is 12.0 Å². The van der Waals surface area contributed by atoms with Gasteiger partial charge in [-0.05, 0) is 44.8 Å². The molecule has 3 atom stereocenters. The first-order valence-corrected chi connectivity index (χ1v) is 9.62. The number of ketones is 1. The van der Waals surface area contributed by atoms with E-state index in [1.54, 1.807) is 12.2 Å². The maximum Gasteiger partial charge on any atom is 0.334 e. The van der Waals surface area contributed by atoms with Gasteiger partial charge in [-0.15, -0.1) is 0 Å². The Morgan fingerprint density at radius 3 is 2.56 bits per heavy atom. The molecule has 2 aliphatic rings. The maximum atomic E-state index is 12.3. The normalized spacial score (nSPS) is 31.2. The van der Waals surface area contributed by atoms with Gasteiger partial charge >= 0.3 is 11.9 Å². The molecule has 2 rings (SSSR count). The minimum Gasteiger partial charge on any atom is -0.462 e. The molecular formula is C22H30O5.